The molecule has 2 amide bonds. The number of hydrogen-bond acceptors (Lipinski definition) is 5. The van der Waals surface area contributed by atoms with Gasteiger partial charge < -0.3 is 19.8 Å². The number of carbonyl (C=O) groups excluding carboxylic acids is 1. The second kappa shape index (κ2) is 7.94. The second-order valence-electron chi connectivity index (χ2n) is 5.24. The Hall–Kier alpha value is -2.12. The van der Waals surface area contributed by atoms with Crippen LogP contribution in [-0.4, -0.2) is 45.9 Å². The van der Waals surface area contributed by atoms with E-state index in [0.29, 0.717) is 29.7 Å². The van der Waals surface area contributed by atoms with Gasteiger partial charge in [0.1, 0.15) is 0 Å². The van der Waals surface area contributed by atoms with Gasteiger partial charge in [0.15, 0.2) is 0 Å². The summed E-state index contributed by atoms with van der Waals surface area (Å²) in [5.74, 6) is 0.719. The maximum absolute atomic E-state index is 11.9. The Bertz CT molecular complexity index is 660. The van der Waals surface area contributed by atoms with Crippen LogP contribution in [-0.2, 0) is 6.54 Å². The van der Waals surface area contributed by atoms with Gasteiger partial charge in [-0.25, -0.2) is 4.79 Å². The first-order valence-electron chi connectivity index (χ1n) is 7.21. The molecule has 7 nitrogen and oxygen atoms in total. The molecule has 1 unspecified atom stereocenters. The minimum absolute atomic E-state index is 0.130. The van der Waals surface area contributed by atoms with Crippen molar-refractivity contribution < 1.29 is 14.4 Å². The first-order chi connectivity index (χ1) is 11.0. The molecule has 1 heterocycles. The lowest BCUT2D eigenvalue weighted by Crippen LogP contribution is -2.38. The van der Waals surface area contributed by atoms with Gasteiger partial charge in [0.25, 0.3) is 0 Å². The van der Waals surface area contributed by atoms with E-state index in [1.165, 1.54) is 4.90 Å². The molecule has 0 radical (unpaired) electrons. The van der Waals surface area contributed by atoms with E-state index in [4.69, 9.17) is 16.1 Å². The van der Waals surface area contributed by atoms with Gasteiger partial charge in [0.2, 0.25) is 11.7 Å². The quantitative estimate of drug-likeness (QED) is 0.843. The molecule has 0 aliphatic carbocycles. The van der Waals surface area contributed by atoms with Crippen LogP contribution >= 0.6 is 11.6 Å². The van der Waals surface area contributed by atoms with Gasteiger partial charge in [0, 0.05) is 24.2 Å². The molecule has 1 atom stereocenters. The van der Waals surface area contributed by atoms with E-state index in [-0.39, 0.29) is 12.6 Å². The summed E-state index contributed by atoms with van der Waals surface area (Å²) in [4.78, 5) is 17.6. The number of hydrogen-bond donors (Lipinski definition) is 2. The van der Waals surface area contributed by atoms with Crippen LogP contribution in [0, 0.1) is 0 Å². The van der Waals surface area contributed by atoms with Crippen molar-refractivity contribution in [3.63, 3.8) is 0 Å². The minimum atomic E-state index is -0.443. The Morgan fingerprint density at radius 2 is 2.30 bits per heavy atom. The predicted octanol–water partition coefficient (Wildman–Crippen LogP) is 2.30. The van der Waals surface area contributed by atoms with Crippen molar-refractivity contribution in [1.82, 2.24) is 20.4 Å². The van der Waals surface area contributed by atoms with Crippen LogP contribution in [0.15, 0.2) is 28.8 Å². The molecule has 1 aromatic heterocycles. The van der Waals surface area contributed by atoms with Crippen LogP contribution in [0.1, 0.15) is 19.2 Å². The van der Waals surface area contributed by atoms with Gasteiger partial charge in [-0.2, -0.15) is 4.98 Å². The molecule has 0 aliphatic rings. The largest absolute Gasteiger partial charge is 0.393 e. The zero-order valence-electron chi connectivity index (χ0n) is 13.0. The molecule has 0 fully saturated rings. The van der Waals surface area contributed by atoms with Crippen LogP contribution in [0.5, 0.6) is 0 Å². The first-order valence-corrected chi connectivity index (χ1v) is 7.59. The maximum Gasteiger partial charge on any atom is 0.317 e. The molecular formula is C15H19ClN4O3. The molecule has 2 aromatic rings. The van der Waals surface area contributed by atoms with E-state index in [1.54, 1.807) is 32.2 Å². The lowest BCUT2D eigenvalue weighted by atomic mass is 10.2. The number of aliphatic hydroxyl groups is 1. The van der Waals surface area contributed by atoms with Crippen molar-refractivity contribution in [3.8, 4) is 11.4 Å². The number of nitrogens with one attached hydrogen (secondary N) is 1. The predicted molar refractivity (Wildman–Crippen MR) is 85.9 cm³/mol. The highest BCUT2D eigenvalue weighted by Gasteiger charge is 2.12. The molecule has 2 N–H and O–H groups in total. The molecule has 0 saturated carbocycles. The van der Waals surface area contributed by atoms with E-state index < -0.39 is 6.10 Å². The Kier molecular flexibility index (Phi) is 5.95. The van der Waals surface area contributed by atoms with Gasteiger partial charge in [-0.3, -0.25) is 0 Å². The second-order valence-corrected chi connectivity index (χ2v) is 5.68. The molecule has 0 aliphatic heterocycles. The molecule has 8 heteroatoms. The summed E-state index contributed by atoms with van der Waals surface area (Å²) >= 11 is 5.92. The summed E-state index contributed by atoms with van der Waals surface area (Å²) in [6, 6.07) is 6.84. The zero-order chi connectivity index (χ0) is 16.8. The number of aliphatic hydroxyl groups excluding tert-OH is 1. The SMILES string of the molecule is CC(O)CCN(C)C(=O)NCc1nc(-c2cccc(Cl)c2)no1. The van der Waals surface area contributed by atoms with E-state index in [2.05, 4.69) is 15.5 Å². The number of amides is 2. The lowest BCUT2D eigenvalue weighted by Gasteiger charge is -2.17. The third-order valence-corrected chi connectivity index (χ3v) is 3.41. The number of carbonyl (C=O) groups is 1. The highest BCUT2D eigenvalue weighted by Crippen LogP contribution is 2.19. The Balaban J connectivity index is 1.88. The normalized spacial score (nSPS) is 12.0. The fraction of sp³-hybridized carbons (Fsp3) is 0.400. The van der Waals surface area contributed by atoms with E-state index >= 15 is 0 Å². The smallest absolute Gasteiger partial charge is 0.317 e. The van der Waals surface area contributed by atoms with Crippen LogP contribution in [0.4, 0.5) is 4.79 Å². The third-order valence-electron chi connectivity index (χ3n) is 3.17. The van der Waals surface area contributed by atoms with Gasteiger partial charge in [-0.15, -0.1) is 0 Å². The summed E-state index contributed by atoms with van der Waals surface area (Å²) in [5, 5.41) is 16.4. The molecule has 0 bridgehead atoms. The lowest BCUT2D eigenvalue weighted by molar-refractivity contribution is 0.163. The number of aromatic nitrogens is 2. The molecule has 0 spiro atoms. The Morgan fingerprint density at radius 3 is 3.00 bits per heavy atom. The summed E-state index contributed by atoms with van der Waals surface area (Å²) < 4.78 is 5.11. The van der Waals surface area contributed by atoms with Gasteiger partial charge in [-0.05, 0) is 25.5 Å². The first kappa shape index (κ1) is 17.2. The van der Waals surface area contributed by atoms with Crippen molar-refractivity contribution in [2.24, 2.45) is 0 Å². The molecule has 0 saturated heterocycles. The fourth-order valence-electron chi connectivity index (χ4n) is 1.84. The van der Waals surface area contributed by atoms with Crippen LogP contribution in [0.3, 0.4) is 0 Å². The number of halogens is 1. The van der Waals surface area contributed by atoms with Crippen molar-refractivity contribution in [3.05, 3.63) is 35.2 Å². The molecule has 1 aromatic carbocycles. The molecule has 2 rings (SSSR count). The zero-order valence-corrected chi connectivity index (χ0v) is 13.7. The average molecular weight is 339 g/mol. The van der Waals surface area contributed by atoms with Crippen molar-refractivity contribution in [2.75, 3.05) is 13.6 Å². The van der Waals surface area contributed by atoms with E-state index in [0.717, 1.165) is 5.56 Å². The van der Waals surface area contributed by atoms with Crippen LogP contribution < -0.4 is 5.32 Å². The Morgan fingerprint density at radius 1 is 1.52 bits per heavy atom. The summed E-state index contributed by atoms with van der Waals surface area (Å²) in [6.07, 6.45) is 0.0741. The van der Waals surface area contributed by atoms with Gasteiger partial charge in [0.05, 0.1) is 12.6 Å². The highest BCUT2D eigenvalue weighted by atomic mass is 35.5. The monoisotopic (exact) mass is 338 g/mol. The number of benzene rings is 1. The number of rotatable bonds is 6. The summed E-state index contributed by atoms with van der Waals surface area (Å²) in [6.45, 7) is 2.27. The highest BCUT2D eigenvalue weighted by molar-refractivity contribution is 6.30. The fourth-order valence-corrected chi connectivity index (χ4v) is 2.03. The number of urea groups is 1. The average Bonchev–Trinajstić information content (AvgIpc) is 2.99. The topological polar surface area (TPSA) is 91.5 Å². The van der Waals surface area contributed by atoms with E-state index in [1.807, 2.05) is 6.07 Å². The van der Waals surface area contributed by atoms with Gasteiger partial charge in [-0.1, -0.05) is 28.9 Å². The van der Waals surface area contributed by atoms with Gasteiger partial charge >= 0.3 is 6.03 Å². The minimum Gasteiger partial charge on any atom is -0.393 e. The van der Waals surface area contributed by atoms with Crippen molar-refractivity contribution in [1.29, 1.82) is 0 Å². The Labute approximate surface area is 139 Å². The van der Waals surface area contributed by atoms with E-state index in [9.17, 15) is 9.90 Å². The third kappa shape index (κ3) is 5.22. The van der Waals surface area contributed by atoms with Crippen LogP contribution in [0.2, 0.25) is 5.02 Å². The summed E-state index contributed by atoms with van der Waals surface area (Å²) in [5.41, 5.74) is 0.743. The van der Waals surface area contributed by atoms with Crippen LogP contribution in [0.25, 0.3) is 11.4 Å². The van der Waals surface area contributed by atoms with Crippen molar-refractivity contribution >= 4 is 17.6 Å². The molecular weight excluding hydrogens is 320 g/mol. The number of nitrogens with zero attached hydrogens (tertiary/aromatic N) is 3. The molecule has 23 heavy (non-hydrogen) atoms. The molecule has 124 valence electrons. The maximum atomic E-state index is 11.9. The summed E-state index contributed by atoms with van der Waals surface area (Å²) in [7, 11) is 1.66. The standard InChI is InChI=1S/C15H19ClN4O3/c1-10(21)6-7-20(2)15(22)17-9-13-18-14(19-23-13)11-4-3-5-12(16)8-11/h3-5,8,10,21H,6-7,9H2,1-2H3,(H,17,22). The van der Waals surface area contributed by atoms with Crippen molar-refractivity contribution in [2.45, 2.75) is 26.0 Å².